The molecule has 2 rings (SSSR count). The number of ether oxygens (including phenoxy) is 3. The van der Waals surface area contributed by atoms with Gasteiger partial charge in [0.1, 0.15) is 12.9 Å². The van der Waals surface area contributed by atoms with Crippen LogP contribution in [0.2, 0.25) is 0 Å². The summed E-state index contributed by atoms with van der Waals surface area (Å²) in [4.78, 5) is 12.9. The standard InChI is InChI=1S/C21H32O5.CH4/c1-15-7-4-5-9-17-10-6-8-16(2)20(17)21(23)26-18(11-12-22)13-19(15)25-14-24-3;/h6,8,10,15,18-19,22H,4-5,7,9,11-14H2,1-3H3;1H4/t15-,18-,19+;/m0./s1. The number of esters is 1. The van der Waals surface area contributed by atoms with Crippen LogP contribution < -0.4 is 0 Å². The van der Waals surface area contributed by atoms with Crippen LogP contribution in [0.1, 0.15) is 67.9 Å². The normalized spacial score (nSPS) is 24.0. The van der Waals surface area contributed by atoms with Crippen LogP contribution in [0, 0.1) is 12.8 Å². The summed E-state index contributed by atoms with van der Waals surface area (Å²) in [6.45, 7) is 4.31. The van der Waals surface area contributed by atoms with E-state index < -0.39 is 0 Å². The molecule has 0 radical (unpaired) electrons. The number of hydrogen-bond donors (Lipinski definition) is 1. The van der Waals surface area contributed by atoms with E-state index in [1.54, 1.807) is 7.11 Å². The highest BCUT2D eigenvalue weighted by molar-refractivity contribution is 5.92. The number of fused-ring (bicyclic) bond motifs is 1. The fourth-order valence-corrected chi connectivity index (χ4v) is 3.65. The average Bonchev–Trinajstić information content (AvgIpc) is 2.61. The zero-order valence-corrected chi connectivity index (χ0v) is 16.2. The molecule has 0 bridgehead atoms. The van der Waals surface area contributed by atoms with E-state index in [1.807, 2.05) is 25.1 Å². The zero-order valence-electron chi connectivity index (χ0n) is 16.2. The number of methoxy groups -OCH3 is 1. The summed E-state index contributed by atoms with van der Waals surface area (Å²) >= 11 is 0. The zero-order chi connectivity index (χ0) is 18.9. The number of aryl methyl sites for hydroxylation is 2. The second kappa shape index (κ2) is 12.1. The molecule has 1 heterocycles. The van der Waals surface area contributed by atoms with Gasteiger partial charge in [-0.2, -0.15) is 0 Å². The third kappa shape index (κ3) is 6.91. The Labute approximate surface area is 164 Å². The van der Waals surface area contributed by atoms with Gasteiger partial charge in [0, 0.05) is 26.6 Å². The minimum Gasteiger partial charge on any atom is -0.459 e. The Balaban J connectivity index is 0.00000364. The lowest BCUT2D eigenvalue weighted by Gasteiger charge is -2.29. The molecule has 1 N–H and O–H groups in total. The molecule has 154 valence electrons. The average molecular weight is 381 g/mol. The minimum atomic E-state index is -0.372. The molecule has 0 aromatic heterocycles. The number of carbonyl (C=O) groups is 1. The van der Waals surface area contributed by atoms with Gasteiger partial charge in [-0.05, 0) is 43.2 Å². The first-order valence-electron chi connectivity index (χ1n) is 9.57. The fourth-order valence-electron chi connectivity index (χ4n) is 3.65. The molecule has 1 aliphatic heterocycles. The summed E-state index contributed by atoms with van der Waals surface area (Å²) in [7, 11) is 1.60. The Morgan fingerprint density at radius 3 is 2.78 bits per heavy atom. The topological polar surface area (TPSA) is 65.0 Å². The van der Waals surface area contributed by atoms with Crippen LogP contribution in [-0.4, -0.2) is 43.8 Å². The molecule has 0 amide bonds. The van der Waals surface area contributed by atoms with Crippen LogP contribution in [0.5, 0.6) is 0 Å². The van der Waals surface area contributed by atoms with Gasteiger partial charge in [0.05, 0.1) is 11.7 Å². The number of hydrogen-bond acceptors (Lipinski definition) is 5. The van der Waals surface area contributed by atoms with Crippen molar-refractivity contribution in [2.45, 2.75) is 72.0 Å². The summed E-state index contributed by atoms with van der Waals surface area (Å²) < 4.78 is 16.7. The van der Waals surface area contributed by atoms with Crippen molar-refractivity contribution in [1.82, 2.24) is 0 Å². The molecule has 0 aliphatic carbocycles. The summed E-state index contributed by atoms with van der Waals surface area (Å²) in [6.07, 6.45) is 4.58. The van der Waals surface area contributed by atoms with E-state index in [1.165, 1.54) is 0 Å². The first-order valence-corrected chi connectivity index (χ1v) is 9.57. The molecular weight excluding hydrogens is 344 g/mol. The van der Waals surface area contributed by atoms with Crippen molar-refractivity contribution in [2.24, 2.45) is 5.92 Å². The number of cyclic esters (lactones) is 1. The first-order chi connectivity index (χ1) is 12.6. The first kappa shape index (κ1) is 23.6. The number of aliphatic hydroxyl groups is 1. The SMILES string of the molecule is C.COCO[C@@H]1C[C@H](CCO)OC(=O)c2c(C)cccc2CCCC[C@@H]1C. The van der Waals surface area contributed by atoms with Gasteiger partial charge in [-0.3, -0.25) is 0 Å². The number of aliphatic hydroxyl groups excluding tert-OH is 1. The summed E-state index contributed by atoms with van der Waals surface area (Å²) in [5.74, 6) is 0.0386. The highest BCUT2D eigenvalue weighted by Crippen LogP contribution is 2.26. The van der Waals surface area contributed by atoms with Crippen LogP contribution in [0.25, 0.3) is 0 Å². The quantitative estimate of drug-likeness (QED) is 0.610. The van der Waals surface area contributed by atoms with Gasteiger partial charge in [-0.15, -0.1) is 0 Å². The Morgan fingerprint density at radius 2 is 2.07 bits per heavy atom. The molecule has 5 heteroatoms. The van der Waals surface area contributed by atoms with Crippen molar-refractivity contribution in [2.75, 3.05) is 20.5 Å². The Kier molecular flexibility index (Phi) is 10.6. The maximum Gasteiger partial charge on any atom is 0.338 e. The van der Waals surface area contributed by atoms with Crippen LogP contribution >= 0.6 is 0 Å². The largest absolute Gasteiger partial charge is 0.459 e. The van der Waals surface area contributed by atoms with E-state index in [2.05, 4.69) is 6.92 Å². The molecule has 0 saturated heterocycles. The van der Waals surface area contributed by atoms with Crippen LogP contribution in [0.4, 0.5) is 0 Å². The number of carbonyl (C=O) groups excluding carboxylic acids is 1. The van der Waals surface area contributed by atoms with Crippen molar-refractivity contribution in [3.63, 3.8) is 0 Å². The lowest BCUT2D eigenvalue weighted by Crippen LogP contribution is -2.32. The molecule has 0 unspecified atom stereocenters. The van der Waals surface area contributed by atoms with E-state index in [0.29, 0.717) is 24.3 Å². The van der Waals surface area contributed by atoms with Crippen LogP contribution in [0.3, 0.4) is 0 Å². The van der Waals surface area contributed by atoms with Gasteiger partial charge < -0.3 is 19.3 Å². The van der Waals surface area contributed by atoms with Gasteiger partial charge in [-0.25, -0.2) is 4.79 Å². The second-order valence-corrected chi connectivity index (χ2v) is 7.22. The third-order valence-corrected chi connectivity index (χ3v) is 5.17. The Hall–Kier alpha value is -1.43. The van der Waals surface area contributed by atoms with Gasteiger partial charge in [0.25, 0.3) is 0 Å². The molecule has 0 fully saturated rings. The molecule has 0 spiro atoms. The lowest BCUT2D eigenvalue weighted by molar-refractivity contribution is -0.105. The van der Waals surface area contributed by atoms with E-state index in [-0.39, 0.29) is 39.0 Å². The summed E-state index contributed by atoms with van der Waals surface area (Å²) in [6, 6.07) is 5.96. The van der Waals surface area contributed by atoms with Crippen molar-refractivity contribution in [3.05, 3.63) is 34.9 Å². The van der Waals surface area contributed by atoms with Gasteiger partial charge in [0.2, 0.25) is 0 Å². The third-order valence-electron chi connectivity index (χ3n) is 5.17. The van der Waals surface area contributed by atoms with Gasteiger partial charge >= 0.3 is 5.97 Å². The lowest BCUT2D eigenvalue weighted by atomic mass is 9.90. The van der Waals surface area contributed by atoms with Crippen molar-refractivity contribution in [3.8, 4) is 0 Å². The molecule has 1 aromatic rings. The van der Waals surface area contributed by atoms with Gasteiger partial charge in [-0.1, -0.05) is 39.0 Å². The maximum atomic E-state index is 12.9. The molecule has 1 aromatic carbocycles. The molecule has 0 saturated carbocycles. The smallest absolute Gasteiger partial charge is 0.338 e. The molecule has 5 nitrogen and oxygen atoms in total. The summed E-state index contributed by atoms with van der Waals surface area (Å²) in [5.41, 5.74) is 2.67. The predicted octanol–water partition coefficient (Wildman–Crippen LogP) is 4.28. The molecule has 1 aliphatic rings. The van der Waals surface area contributed by atoms with Crippen molar-refractivity contribution < 1.29 is 24.1 Å². The summed E-state index contributed by atoms with van der Waals surface area (Å²) in [5, 5.41) is 9.41. The van der Waals surface area contributed by atoms with E-state index in [4.69, 9.17) is 14.2 Å². The van der Waals surface area contributed by atoms with Crippen LogP contribution in [0.15, 0.2) is 18.2 Å². The van der Waals surface area contributed by atoms with Crippen molar-refractivity contribution in [1.29, 1.82) is 0 Å². The number of benzene rings is 1. The van der Waals surface area contributed by atoms with Crippen molar-refractivity contribution >= 4 is 5.97 Å². The fraction of sp³-hybridized carbons (Fsp3) is 0.682. The van der Waals surface area contributed by atoms with E-state index in [9.17, 15) is 9.90 Å². The highest BCUT2D eigenvalue weighted by Gasteiger charge is 2.27. The van der Waals surface area contributed by atoms with Crippen LogP contribution in [-0.2, 0) is 20.6 Å². The molecule has 27 heavy (non-hydrogen) atoms. The second-order valence-electron chi connectivity index (χ2n) is 7.22. The van der Waals surface area contributed by atoms with E-state index in [0.717, 1.165) is 36.8 Å². The monoisotopic (exact) mass is 380 g/mol. The highest BCUT2D eigenvalue weighted by atomic mass is 16.7. The Morgan fingerprint density at radius 1 is 1.30 bits per heavy atom. The predicted molar refractivity (Wildman–Crippen MR) is 107 cm³/mol. The van der Waals surface area contributed by atoms with E-state index >= 15 is 0 Å². The minimum absolute atomic E-state index is 0. The van der Waals surface area contributed by atoms with Gasteiger partial charge in [0.15, 0.2) is 0 Å². The molecule has 3 atom stereocenters. The Bertz CT molecular complexity index is 572. The maximum absolute atomic E-state index is 12.9. The number of rotatable bonds is 5. The molecular formula is C22H36O5.